The van der Waals surface area contributed by atoms with Gasteiger partial charge in [0.15, 0.2) is 5.96 Å². The second-order valence-electron chi connectivity index (χ2n) is 8.03. The van der Waals surface area contributed by atoms with Gasteiger partial charge in [-0.3, -0.25) is 9.89 Å². The molecule has 1 atom stereocenters. The van der Waals surface area contributed by atoms with Crippen molar-refractivity contribution in [3.8, 4) is 5.75 Å². The maximum Gasteiger partial charge on any atom is 0.194 e. The second-order valence-corrected chi connectivity index (χ2v) is 8.03. The number of guanidine groups is 1. The van der Waals surface area contributed by atoms with Crippen molar-refractivity contribution in [2.45, 2.75) is 19.9 Å². The summed E-state index contributed by atoms with van der Waals surface area (Å²) in [7, 11) is 3.95. The Bertz CT molecular complexity index is 650. The van der Waals surface area contributed by atoms with Gasteiger partial charge in [0, 0.05) is 64.9 Å². The summed E-state index contributed by atoms with van der Waals surface area (Å²) < 4.78 is 5.54. The number of aliphatic imine (C=N–C) groups is 1. The molecule has 1 aromatic rings. The van der Waals surface area contributed by atoms with Gasteiger partial charge in [-0.05, 0) is 33.0 Å². The topological polar surface area (TPSA) is 46.6 Å². The number of piperazine rings is 2. The Balaban J connectivity index is 1.56. The maximum absolute atomic E-state index is 5.54. The fourth-order valence-electron chi connectivity index (χ4n) is 4.07. The Labute approximate surface area is 176 Å². The molecule has 0 aliphatic carbocycles. The number of nitrogens with one attached hydrogen (secondary N) is 1. The van der Waals surface area contributed by atoms with Crippen molar-refractivity contribution in [1.29, 1.82) is 0 Å². The zero-order chi connectivity index (χ0) is 20.6. The summed E-state index contributed by atoms with van der Waals surface area (Å²) in [4.78, 5) is 14.8. The van der Waals surface area contributed by atoms with Crippen LogP contribution >= 0.6 is 0 Å². The van der Waals surface area contributed by atoms with Gasteiger partial charge >= 0.3 is 0 Å². The van der Waals surface area contributed by atoms with E-state index >= 15 is 0 Å². The number of para-hydroxylation sites is 2. The lowest BCUT2D eigenvalue weighted by Crippen LogP contribution is -2.53. The van der Waals surface area contributed by atoms with Crippen molar-refractivity contribution in [2.75, 3.05) is 84.5 Å². The van der Waals surface area contributed by atoms with Gasteiger partial charge in [0.1, 0.15) is 5.75 Å². The van der Waals surface area contributed by atoms with Crippen molar-refractivity contribution in [3.63, 3.8) is 0 Å². The molecule has 2 aliphatic rings. The molecule has 2 aliphatic heterocycles. The summed E-state index contributed by atoms with van der Waals surface area (Å²) in [6, 6.07) is 8.76. The maximum atomic E-state index is 5.54. The SMILES string of the molecule is CCNC(=NCC(C)N1CCN(C)CC1)N1CCN(c2ccccc2OC)CC1. The molecule has 1 N–H and O–H groups in total. The summed E-state index contributed by atoms with van der Waals surface area (Å²) in [6.07, 6.45) is 0. The molecular weight excluding hydrogens is 364 g/mol. The largest absolute Gasteiger partial charge is 0.495 e. The Morgan fingerprint density at radius 1 is 1.07 bits per heavy atom. The van der Waals surface area contributed by atoms with Crippen LogP contribution in [0.15, 0.2) is 29.3 Å². The van der Waals surface area contributed by atoms with E-state index in [0.29, 0.717) is 6.04 Å². The fraction of sp³-hybridized carbons (Fsp3) is 0.682. The third-order valence-corrected chi connectivity index (χ3v) is 6.01. The summed E-state index contributed by atoms with van der Waals surface area (Å²) in [6.45, 7) is 14.6. The minimum absolute atomic E-state index is 0.479. The monoisotopic (exact) mass is 402 g/mol. The number of methoxy groups -OCH3 is 1. The van der Waals surface area contributed by atoms with Crippen LogP contribution < -0.4 is 15.0 Å². The number of nitrogens with zero attached hydrogens (tertiary/aromatic N) is 5. The molecule has 0 radical (unpaired) electrons. The van der Waals surface area contributed by atoms with E-state index in [0.717, 1.165) is 77.2 Å². The number of benzene rings is 1. The molecule has 162 valence electrons. The van der Waals surface area contributed by atoms with E-state index in [1.165, 1.54) is 5.69 Å². The molecule has 1 unspecified atom stereocenters. The van der Waals surface area contributed by atoms with E-state index in [1.54, 1.807) is 7.11 Å². The lowest BCUT2D eigenvalue weighted by molar-refractivity contribution is 0.122. The number of likely N-dealkylation sites (N-methyl/N-ethyl adjacent to an activating group) is 1. The summed E-state index contributed by atoms with van der Waals surface area (Å²) in [5, 5.41) is 3.50. The summed E-state index contributed by atoms with van der Waals surface area (Å²) >= 11 is 0. The molecule has 7 heteroatoms. The second kappa shape index (κ2) is 10.7. The van der Waals surface area contributed by atoms with Gasteiger partial charge in [-0.15, -0.1) is 0 Å². The first-order valence-corrected chi connectivity index (χ1v) is 11.0. The van der Waals surface area contributed by atoms with E-state index in [4.69, 9.17) is 9.73 Å². The number of hydrogen-bond donors (Lipinski definition) is 1. The molecule has 2 saturated heterocycles. The highest BCUT2D eigenvalue weighted by atomic mass is 16.5. The Hall–Kier alpha value is -1.99. The van der Waals surface area contributed by atoms with Crippen molar-refractivity contribution in [2.24, 2.45) is 4.99 Å². The third-order valence-electron chi connectivity index (χ3n) is 6.01. The van der Waals surface area contributed by atoms with Crippen molar-refractivity contribution >= 4 is 11.6 Å². The van der Waals surface area contributed by atoms with Crippen molar-refractivity contribution < 1.29 is 4.74 Å². The molecule has 7 nitrogen and oxygen atoms in total. The zero-order valence-electron chi connectivity index (χ0n) is 18.6. The van der Waals surface area contributed by atoms with E-state index in [-0.39, 0.29) is 0 Å². The lowest BCUT2D eigenvalue weighted by atomic mass is 10.2. The molecule has 3 rings (SSSR count). The summed E-state index contributed by atoms with van der Waals surface area (Å²) in [5.74, 6) is 2.00. The van der Waals surface area contributed by atoms with Crippen LogP contribution in [0.1, 0.15) is 13.8 Å². The van der Waals surface area contributed by atoms with Crippen LogP contribution in [-0.4, -0.2) is 106 Å². The van der Waals surface area contributed by atoms with Crippen LogP contribution in [0.25, 0.3) is 0 Å². The van der Waals surface area contributed by atoms with Crippen LogP contribution in [0.4, 0.5) is 5.69 Å². The van der Waals surface area contributed by atoms with E-state index in [9.17, 15) is 0 Å². The molecule has 29 heavy (non-hydrogen) atoms. The van der Waals surface area contributed by atoms with Gasteiger partial charge in [0.2, 0.25) is 0 Å². The molecule has 0 spiro atoms. The molecule has 2 fully saturated rings. The molecule has 0 aromatic heterocycles. The van der Waals surface area contributed by atoms with Gasteiger partial charge < -0.3 is 24.8 Å². The highest BCUT2D eigenvalue weighted by Crippen LogP contribution is 2.28. The Morgan fingerprint density at radius 3 is 2.41 bits per heavy atom. The molecule has 0 saturated carbocycles. The van der Waals surface area contributed by atoms with Crippen LogP contribution in [-0.2, 0) is 0 Å². The normalized spacial score (nSPS) is 20.6. The van der Waals surface area contributed by atoms with Crippen LogP contribution in [0.5, 0.6) is 5.75 Å². The van der Waals surface area contributed by atoms with E-state index in [1.807, 2.05) is 12.1 Å². The smallest absolute Gasteiger partial charge is 0.194 e. The molecule has 0 amide bonds. The van der Waals surface area contributed by atoms with Gasteiger partial charge in [-0.1, -0.05) is 12.1 Å². The van der Waals surface area contributed by atoms with Crippen molar-refractivity contribution in [1.82, 2.24) is 20.0 Å². The molecular formula is C22H38N6O. The van der Waals surface area contributed by atoms with E-state index < -0.39 is 0 Å². The zero-order valence-corrected chi connectivity index (χ0v) is 18.6. The molecule has 2 heterocycles. The number of hydrogen-bond acceptors (Lipinski definition) is 5. The van der Waals surface area contributed by atoms with Gasteiger partial charge in [-0.25, -0.2) is 0 Å². The number of ether oxygens (including phenoxy) is 1. The van der Waals surface area contributed by atoms with E-state index in [2.05, 4.69) is 57.9 Å². The minimum atomic E-state index is 0.479. The standard InChI is InChI=1S/C22H38N6O/c1-5-23-22(24-18-19(2)26-12-10-25(3)11-13-26)28-16-14-27(15-17-28)20-8-6-7-9-21(20)29-4/h6-9,19H,5,10-18H2,1-4H3,(H,23,24). The third kappa shape index (κ3) is 5.76. The Morgan fingerprint density at radius 2 is 1.76 bits per heavy atom. The van der Waals surface area contributed by atoms with Gasteiger partial charge in [-0.2, -0.15) is 0 Å². The predicted octanol–water partition coefficient (Wildman–Crippen LogP) is 1.42. The van der Waals surface area contributed by atoms with Crippen LogP contribution in [0.2, 0.25) is 0 Å². The predicted molar refractivity (Wildman–Crippen MR) is 121 cm³/mol. The van der Waals surface area contributed by atoms with Gasteiger partial charge in [0.25, 0.3) is 0 Å². The lowest BCUT2D eigenvalue weighted by Gasteiger charge is -2.38. The average Bonchev–Trinajstić information content (AvgIpc) is 2.77. The number of rotatable bonds is 6. The molecule has 1 aromatic carbocycles. The average molecular weight is 403 g/mol. The van der Waals surface area contributed by atoms with Crippen molar-refractivity contribution in [3.05, 3.63) is 24.3 Å². The summed E-state index contributed by atoms with van der Waals surface area (Å²) in [5.41, 5.74) is 1.18. The van der Waals surface area contributed by atoms with Crippen LogP contribution in [0, 0.1) is 0 Å². The number of anilines is 1. The first kappa shape index (κ1) is 21.7. The minimum Gasteiger partial charge on any atom is -0.495 e. The highest BCUT2D eigenvalue weighted by Gasteiger charge is 2.23. The Kier molecular flexibility index (Phi) is 8.00. The quantitative estimate of drug-likeness (QED) is 0.574. The highest BCUT2D eigenvalue weighted by molar-refractivity contribution is 5.80. The first-order chi connectivity index (χ1) is 14.1. The molecule has 0 bridgehead atoms. The van der Waals surface area contributed by atoms with Crippen LogP contribution in [0.3, 0.4) is 0 Å². The fourth-order valence-corrected chi connectivity index (χ4v) is 4.07. The first-order valence-electron chi connectivity index (χ1n) is 11.0. The van der Waals surface area contributed by atoms with Gasteiger partial charge in [0.05, 0.1) is 19.3 Å².